The highest BCUT2D eigenvalue weighted by molar-refractivity contribution is 5.71. The first-order valence-electron chi connectivity index (χ1n) is 30.6. The second-order valence-electron chi connectivity index (χ2n) is 22.8. The Labute approximate surface area is 425 Å². The van der Waals surface area contributed by atoms with Crippen LogP contribution in [0.4, 0.5) is 0 Å². The van der Waals surface area contributed by atoms with Crippen LogP contribution in [0.15, 0.2) is 0 Å². The van der Waals surface area contributed by atoms with Gasteiger partial charge >= 0.3 is 17.9 Å². The van der Waals surface area contributed by atoms with Gasteiger partial charge in [-0.2, -0.15) is 0 Å². The van der Waals surface area contributed by atoms with Crippen molar-refractivity contribution in [2.75, 3.05) is 13.2 Å². The Hall–Kier alpha value is -1.59. The summed E-state index contributed by atoms with van der Waals surface area (Å²) < 4.78 is 16.9. The van der Waals surface area contributed by atoms with Crippen LogP contribution in [-0.4, -0.2) is 37.2 Å². The fraction of sp³-hybridized carbons (Fsp3) is 0.952. The lowest BCUT2D eigenvalue weighted by Gasteiger charge is -2.18. The van der Waals surface area contributed by atoms with Gasteiger partial charge in [-0.05, 0) is 37.0 Å². The first kappa shape index (κ1) is 66.4. The lowest BCUT2D eigenvalue weighted by atomic mass is 10.0. The van der Waals surface area contributed by atoms with E-state index in [0.717, 1.165) is 75.5 Å². The lowest BCUT2D eigenvalue weighted by molar-refractivity contribution is -0.167. The van der Waals surface area contributed by atoms with Crippen LogP contribution in [-0.2, 0) is 28.6 Å². The molecular formula is C62H120O6. The first-order valence-corrected chi connectivity index (χ1v) is 30.6. The van der Waals surface area contributed by atoms with Crippen molar-refractivity contribution in [2.45, 2.75) is 349 Å². The number of hydrogen-bond donors (Lipinski definition) is 0. The standard InChI is InChI=1S/C62H120O6/c1-56(2)48-42-36-30-24-18-12-9-7-8-10-14-23-29-35-41-47-53-62(65)68-59(55-67-61(64)52-46-40-34-28-22-17-16-20-26-32-38-44-50-58(5)6)54-66-60(63)51-45-39-33-27-21-15-11-13-19-25-31-37-43-49-57(3)4/h56-59H,7-55H2,1-6H3/t59-/m1/s1. The molecule has 0 rings (SSSR count). The van der Waals surface area contributed by atoms with Gasteiger partial charge in [0.1, 0.15) is 13.2 Å². The maximum Gasteiger partial charge on any atom is 0.306 e. The van der Waals surface area contributed by atoms with E-state index in [2.05, 4.69) is 41.5 Å². The zero-order chi connectivity index (χ0) is 49.8. The largest absolute Gasteiger partial charge is 0.462 e. The van der Waals surface area contributed by atoms with Gasteiger partial charge in [0.2, 0.25) is 0 Å². The van der Waals surface area contributed by atoms with Crippen LogP contribution in [0.5, 0.6) is 0 Å². The molecule has 0 aliphatic heterocycles. The molecule has 0 heterocycles. The lowest BCUT2D eigenvalue weighted by Crippen LogP contribution is -2.30. The first-order chi connectivity index (χ1) is 33.1. The van der Waals surface area contributed by atoms with Crippen LogP contribution in [0.2, 0.25) is 0 Å². The molecule has 0 amide bonds. The number of hydrogen-bond acceptors (Lipinski definition) is 6. The fourth-order valence-corrected chi connectivity index (χ4v) is 9.53. The second-order valence-corrected chi connectivity index (χ2v) is 22.8. The van der Waals surface area contributed by atoms with E-state index in [1.54, 1.807) is 0 Å². The van der Waals surface area contributed by atoms with Gasteiger partial charge < -0.3 is 14.2 Å². The average molecular weight is 962 g/mol. The second kappa shape index (κ2) is 53.2. The average Bonchev–Trinajstić information content (AvgIpc) is 3.30. The number of carbonyl (C=O) groups excluding carboxylic acids is 3. The maximum absolute atomic E-state index is 12.9. The summed E-state index contributed by atoms with van der Waals surface area (Å²) in [5.74, 6) is 1.69. The van der Waals surface area contributed by atoms with Gasteiger partial charge in [0.15, 0.2) is 6.10 Å². The summed E-state index contributed by atoms with van der Waals surface area (Å²) in [7, 11) is 0. The summed E-state index contributed by atoms with van der Waals surface area (Å²) in [6, 6.07) is 0. The summed E-state index contributed by atoms with van der Waals surface area (Å²) in [5.41, 5.74) is 0. The zero-order valence-corrected chi connectivity index (χ0v) is 46.9. The van der Waals surface area contributed by atoms with Crippen molar-refractivity contribution in [2.24, 2.45) is 17.8 Å². The highest BCUT2D eigenvalue weighted by Gasteiger charge is 2.19. The molecule has 0 spiro atoms. The third-order valence-corrected chi connectivity index (χ3v) is 14.1. The predicted molar refractivity (Wildman–Crippen MR) is 293 cm³/mol. The van der Waals surface area contributed by atoms with E-state index in [1.165, 1.54) is 225 Å². The summed E-state index contributed by atoms with van der Waals surface area (Å²) in [6.45, 7) is 13.8. The highest BCUT2D eigenvalue weighted by atomic mass is 16.6. The molecule has 6 nitrogen and oxygen atoms in total. The minimum atomic E-state index is -0.764. The van der Waals surface area contributed by atoms with Gasteiger partial charge in [0.05, 0.1) is 0 Å². The van der Waals surface area contributed by atoms with Crippen LogP contribution < -0.4 is 0 Å². The Balaban J connectivity index is 4.30. The molecule has 0 saturated carbocycles. The predicted octanol–water partition coefficient (Wildman–Crippen LogP) is 20.3. The molecule has 0 aromatic rings. The van der Waals surface area contributed by atoms with Crippen molar-refractivity contribution in [1.82, 2.24) is 0 Å². The minimum absolute atomic E-state index is 0.0630. The van der Waals surface area contributed by atoms with E-state index in [0.29, 0.717) is 19.3 Å². The number of esters is 3. The Morgan fingerprint density at radius 3 is 0.632 bits per heavy atom. The molecule has 0 aliphatic rings. The molecule has 0 bridgehead atoms. The normalized spacial score (nSPS) is 12.1. The van der Waals surface area contributed by atoms with Gasteiger partial charge in [-0.15, -0.1) is 0 Å². The monoisotopic (exact) mass is 961 g/mol. The SMILES string of the molecule is CC(C)CCCCCCCCCCCCCCCCCCC(=O)O[C@H](COC(=O)CCCCCCCCCCCCCCCC(C)C)COC(=O)CCCCCCCCCCCCCCC(C)C. The summed E-state index contributed by atoms with van der Waals surface area (Å²) >= 11 is 0. The summed E-state index contributed by atoms with van der Waals surface area (Å²) in [5, 5.41) is 0. The van der Waals surface area contributed by atoms with E-state index in [4.69, 9.17) is 14.2 Å². The number of rotatable bonds is 55. The quantitative estimate of drug-likeness (QED) is 0.0343. The molecule has 0 fully saturated rings. The molecule has 1 atom stereocenters. The van der Waals surface area contributed by atoms with Crippen LogP contribution in [0, 0.1) is 17.8 Å². The molecule has 0 saturated heterocycles. The third-order valence-electron chi connectivity index (χ3n) is 14.1. The Kier molecular flexibility index (Phi) is 52.0. The van der Waals surface area contributed by atoms with Crippen molar-refractivity contribution < 1.29 is 28.6 Å². The van der Waals surface area contributed by atoms with E-state index >= 15 is 0 Å². The summed E-state index contributed by atoms with van der Waals surface area (Å²) in [6.07, 6.45) is 56.7. The van der Waals surface area contributed by atoms with Gasteiger partial charge in [0, 0.05) is 19.3 Å². The van der Waals surface area contributed by atoms with Crippen molar-refractivity contribution in [3.05, 3.63) is 0 Å². The van der Waals surface area contributed by atoms with Gasteiger partial charge in [-0.3, -0.25) is 14.4 Å². The molecule has 0 unspecified atom stereocenters. The molecule has 0 N–H and O–H groups in total. The maximum atomic E-state index is 12.9. The number of unbranched alkanes of at least 4 members (excludes halogenated alkanes) is 38. The van der Waals surface area contributed by atoms with E-state index in [-0.39, 0.29) is 31.1 Å². The van der Waals surface area contributed by atoms with E-state index < -0.39 is 6.10 Å². The third kappa shape index (κ3) is 55.3. The molecular weight excluding hydrogens is 841 g/mol. The van der Waals surface area contributed by atoms with Crippen molar-refractivity contribution in [3.63, 3.8) is 0 Å². The Morgan fingerprint density at radius 2 is 0.426 bits per heavy atom. The molecule has 0 radical (unpaired) electrons. The van der Waals surface area contributed by atoms with E-state index in [1.807, 2.05) is 0 Å². The van der Waals surface area contributed by atoms with Crippen LogP contribution in [0.25, 0.3) is 0 Å². The zero-order valence-electron chi connectivity index (χ0n) is 46.9. The van der Waals surface area contributed by atoms with Gasteiger partial charge in [0.25, 0.3) is 0 Å². The number of carbonyl (C=O) groups is 3. The van der Waals surface area contributed by atoms with Gasteiger partial charge in [-0.1, -0.05) is 305 Å². The fourth-order valence-electron chi connectivity index (χ4n) is 9.53. The molecule has 6 heteroatoms. The topological polar surface area (TPSA) is 78.9 Å². The van der Waals surface area contributed by atoms with Crippen molar-refractivity contribution >= 4 is 17.9 Å². The number of ether oxygens (including phenoxy) is 3. The van der Waals surface area contributed by atoms with Crippen molar-refractivity contribution in [3.8, 4) is 0 Å². The van der Waals surface area contributed by atoms with Gasteiger partial charge in [-0.25, -0.2) is 0 Å². The van der Waals surface area contributed by atoms with Crippen molar-refractivity contribution in [1.29, 1.82) is 0 Å². The molecule has 68 heavy (non-hydrogen) atoms. The van der Waals surface area contributed by atoms with Crippen LogP contribution in [0.3, 0.4) is 0 Å². The highest BCUT2D eigenvalue weighted by Crippen LogP contribution is 2.19. The van der Waals surface area contributed by atoms with Crippen LogP contribution >= 0.6 is 0 Å². The molecule has 0 aromatic carbocycles. The van der Waals surface area contributed by atoms with Crippen LogP contribution in [0.1, 0.15) is 343 Å². The molecule has 0 aliphatic carbocycles. The minimum Gasteiger partial charge on any atom is -0.462 e. The van der Waals surface area contributed by atoms with E-state index in [9.17, 15) is 14.4 Å². The summed E-state index contributed by atoms with van der Waals surface area (Å²) in [4.78, 5) is 38.2. The Bertz CT molecular complexity index is 1050. The Morgan fingerprint density at radius 1 is 0.250 bits per heavy atom. The molecule has 404 valence electrons. The molecule has 0 aromatic heterocycles. The smallest absolute Gasteiger partial charge is 0.306 e.